The average Bonchev–Trinajstić information content (AvgIpc) is 3.00. The van der Waals surface area contributed by atoms with Crippen LogP contribution >= 0.6 is 0 Å². The van der Waals surface area contributed by atoms with Crippen LogP contribution in [0.5, 0.6) is 11.5 Å². The van der Waals surface area contributed by atoms with E-state index < -0.39 is 17.4 Å². The number of carbonyl (C=O) groups is 2. The lowest BCUT2D eigenvalue weighted by molar-refractivity contribution is -0.172. The third-order valence-electron chi connectivity index (χ3n) is 4.86. The topological polar surface area (TPSA) is 71.1 Å². The van der Waals surface area contributed by atoms with Crippen molar-refractivity contribution in [3.05, 3.63) is 48.1 Å². The lowest BCUT2D eigenvalue weighted by Crippen LogP contribution is -2.48. The molecule has 0 N–H and O–H groups in total. The maximum atomic E-state index is 12.9. The smallest absolute Gasteiger partial charge is 0.324 e. The summed E-state index contributed by atoms with van der Waals surface area (Å²) in [6, 6.07) is 5.29. The monoisotopic (exact) mass is 374 g/mol. The van der Waals surface area contributed by atoms with Crippen LogP contribution in [0.4, 0.5) is 0 Å². The van der Waals surface area contributed by atoms with Crippen molar-refractivity contribution in [3.63, 3.8) is 0 Å². The summed E-state index contributed by atoms with van der Waals surface area (Å²) in [4.78, 5) is 25.8. The Morgan fingerprint density at radius 3 is 2.07 bits per heavy atom. The van der Waals surface area contributed by atoms with Crippen molar-refractivity contribution < 1.29 is 28.5 Å². The fourth-order valence-electron chi connectivity index (χ4n) is 3.47. The Balaban J connectivity index is 2.57. The average molecular weight is 374 g/mol. The quantitative estimate of drug-likeness (QED) is 0.539. The van der Waals surface area contributed by atoms with E-state index in [9.17, 15) is 9.59 Å². The Morgan fingerprint density at radius 2 is 1.56 bits per heavy atom. The van der Waals surface area contributed by atoms with Crippen molar-refractivity contribution in [2.45, 2.75) is 19.3 Å². The molecule has 0 spiro atoms. The minimum atomic E-state index is -1.50. The molecule has 146 valence electrons. The van der Waals surface area contributed by atoms with E-state index in [-0.39, 0.29) is 12.3 Å². The molecule has 0 radical (unpaired) electrons. The summed E-state index contributed by atoms with van der Waals surface area (Å²) in [6.45, 7) is 0. The Bertz CT molecular complexity index is 696. The fraction of sp³-hybridized carbons (Fsp3) is 0.429. The molecule has 2 rings (SSSR count). The van der Waals surface area contributed by atoms with Crippen LogP contribution < -0.4 is 9.47 Å². The largest absolute Gasteiger partial charge is 0.497 e. The van der Waals surface area contributed by atoms with Crippen LogP contribution in [0.3, 0.4) is 0 Å². The second-order valence-corrected chi connectivity index (χ2v) is 6.35. The number of ether oxygens (including phenoxy) is 4. The van der Waals surface area contributed by atoms with Crippen molar-refractivity contribution in [1.82, 2.24) is 0 Å². The number of carbonyl (C=O) groups excluding carboxylic acids is 2. The van der Waals surface area contributed by atoms with E-state index in [0.717, 1.165) is 6.42 Å². The van der Waals surface area contributed by atoms with Gasteiger partial charge in [0.1, 0.15) is 11.5 Å². The molecule has 0 saturated carbocycles. The number of methoxy groups -OCH3 is 4. The van der Waals surface area contributed by atoms with Crippen LogP contribution in [0, 0.1) is 11.3 Å². The first-order valence-electron chi connectivity index (χ1n) is 8.74. The van der Waals surface area contributed by atoms with Gasteiger partial charge in [0.2, 0.25) is 0 Å². The van der Waals surface area contributed by atoms with Gasteiger partial charge < -0.3 is 18.9 Å². The molecule has 1 aliphatic carbocycles. The lowest BCUT2D eigenvalue weighted by Gasteiger charge is -2.34. The molecule has 0 heterocycles. The molecule has 6 heteroatoms. The number of hydrogen-bond donors (Lipinski definition) is 0. The van der Waals surface area contributed by atoms with Crippen LogP contribution in [-0.4, -0.2) is 40.4 Å². The van der Waals surface area contributed by atoms with E-state index >= 15 is 0 Å². The van der Waals surface area contributed by atoms with Crippen LogP contribution in [0.15, 0.2) is 42.5 Å². The Hall–Kier alpha value is -2.76. The molecule has 0 saturated heterocycles. The molecular formula is C21H26O6. The van der Waals surface area contributed by atoms with Gasteiger partial charge in [-0.3, -0.25) is 9.59 Å². The first-order valence-corrected chi connectivity index (χ1v) is 8.74. The second-order valence-electron chi connectivity index (χ2n) is 6.35. The molecule has 1 aliphatic rings. The van der Waals surface area contributed by atoms with Crippen molar-refractivity contribution in [2.24, 2.45) is 11.3 Å². The summed E-state index contributed by atoms with van der Waals surface area (Å²) < 4.78 is 20.8. The van der Waals surface area contributed by atoms with Gasteiger partial charge in [0.15, 0.2) is 5.41 Å². The molecule has 0 bridgehead atoms. The zero-order valence-corrected chi connectivity index (χ0v) is 16.2. The standard InChI is InChI=1S/C21H26O6/c1-24-17-11-15(12-18(13-17)25-2)14-21(19(22)26-3,20(23)27-4)16-9-7-5-6-8-10-16/h5-7,9,11-13,16H,8,10,14H2,1-4H3. The molecule has 0 amide bonds. The maximum Gasteiger partial charge on any atom is 0.324 e. The molecular weight excluding hydrogens is 348 g/mol. The van der Waals surface area contributed by atoms with Crippen LogP contribution in [0.2, 0.25) is 0 Å². The van der Waals surface area contributed by atoms with Crippen molar-refractivity contribution >= 4 is 11.9 Å². The van der Waals surface area contributed by atoms with E-state index in [1.807, 2.05) is 24.3 Å². The first-order chi connectivity index (χ1) is 13.0. The summed E-state index contributed by atoms with van der Waals surface area (Å²) >= 11 is 0. The van der Waals surface area contributed by atoms with E-state index in [0.29, 0.717) is 23.5 Å². The zero-order chi connectivity index (χ0) is 19.9. The van der Waals surface area contributed by atoms with Crippen molar-refractivity contribution in [3.8, 4) is 11.5 Å². The molecule has 0 fully saturated rings. The number of esters is 2. The van der Waals surface area contributed by atoms with Gasteiger partial charge in [-0.2, -0.15) is 0 Å². The van der Waals surface area contributed by atoms with Crippen LogP contribution in [0.25, 0.3) is 0 Å². The highest BCUT2D eigenvalue weighted by Gasteiger charge is 2.53. The van der Waals surface area contributed by atoms with Gasteiger partial charge in [-0.25, -0.2) is 0 Å². The van der Waals surface area contributed by atoms with Crippen molar-refractivity contribution in [2.75, 3.05) is 28.4 Å². The second kappa shape index (κ2) is 9.26. The van der Waals surface area contributed by atoms with Gasteiger partial charge in [-0.05, 0) is 30.5 Å². The van der Waals surface area contributed by atoms with E-state index in [1.165, 1.54) is 14.2 Å². The summed E-state index contributed by atoms with van der Waals surface area (Å²) in [5, 5.41) is 0. The van der Waals surface area contributed by atoms with Crippen molar-refractivity contribution in [1.29, 1.82) is 0 Å². The zero-order valence-electron chi connectivity index (χ0n) is 16.2. The van der Waals surface area contributed by atoms with Gasteiger partial charge in [0.05, 0.1) is 28.4 Å². The van der Waals surface area contributed by atoms with E-state index in [1.54, 1.807) is 32.4 Å². The first kappa shape index (κ1) is 20.6. The molecule has 6 nitrogen and oxygen atoms in total. The SMILES string of the molecule is COC(=O)C(Cc1cc(OC)cc(OC)c1)(C(=O)OC)C1C=CC=CCC1. The highest BCUT2D eigenvalue weighted by molar-refractivity contribution is 6.01. The molecule has 27 heavy (non-hydrogen) atoms. The summed E-state index contributed by atoms with van der Waals surface area (Å²) in [5.74, 6) is -0.456. The minimum Gasteiger partial charge on any atom is -0.497 e. The van der Waals surface area contributed by atoms with Gasteiger partial charge in [0.25, 0.3) is 0 Å². The third-order valence-corrected chi connectivity index (χ3v) is 4.86. The Morgan fingerprint density at radius 1 is 0.963 bits per heavy atom. The maximum absolute atomic E-state index is 12.9. The number of benzene rings is 1. The third kappa shape index (κ3) is 4.32. The predicted molar refractivity (Wildman–Crippen MR) is 101 cm³/mol. The number of rotatable bonds is 7. The van der Waals surface area contributed by atoms with Gasteiger partial charge in [0, 0.05) is 18.4 Å². The molecule has 1 aromatic carbocycles. The van der Waals surface area contributed by atoms with Gasteiger partial charge >= 0.3 is 11.9 Å². The Kier molecular flexibility index (Phi) is 7.05. The molecule has 1 atom stereocenters. The Labute approximate surface area is 159 Å². The fourth-order valence-corrected chi connectivity index (χ4v) is 3.47. The molecule has 0 aromatic heterocycles. The lowest BCUT2D eigenvalue weighted by atomic mass is 9.69. The summed E-state index contributed by atoms with van der Waals surface area (Å²) in [5.41, 5.74) is -0.781. The number of allylic oxidation sites excluding steroid dienone is 4. The van der Waals surface area contributed by atoms with Gasteiger partial charge in [-0.15, -0.1) is 0 Å². The molecule has 1 aromatic rings. The highest BCUT2D eigenvalue weighted by Crippen LogP contribution is 2.41. The summed E-state index contributed by atoms with van der Waals surface area (Å²) in [7, 11) is 5.66. The summed E-state index contributed by atoms with van der Waals surface area (Å²) in [6.07, 6.45) is 9.11. The highest BCUT2D eigenvalue weighted by atomic mass is 16.5. The number of hydrogen-bond acceptors (Lipinski definition) is 6. The van der Waals surface area contributed by atoms with Crippen LogP contribution in [-0.2, 0) is 25.5 Å². The van der Waals surface area contributed by atoms with E-state index in [4.69, 9.17) is 18.9 Å². The predicted octanol–water partition coefficient (Wildman–Crippen LogP) is 3.10. The van der Waals surface area contributed by atoms with Crippen LogP contribution in [0.1, 0.15) is 18.4 Å². The normalized spacial score (nSPS) is 16.4. The molecule has 0 aliphatic heterocycles. The van der Waals surface area contributed by atoms with E-state index in [2.05, 4.69) is 0 Å². The molecule has 1 unspecified atom stereocenters. The van der Waals surface area contributed by atoms with Gasteiger partial charge in [-0.1, -0.05) is 24.3 Å². The minimum absolute atomic E-state index is 0.106.